The second kappa shape index (κ2) is 5.75. The first-order valence-electron chi connectivity index (χ1n) is 6.78. The molecule has 0 saturated carbocycles. The van der Waals surface area contributed by atoms with E-state index in [2.05, 4.69) is 4.72 Å². The molecule has 2 rings (SSSR count). The molecule has 0 amide bonds. The lowest BCUT2D eigenvalue weighted by molar-refractivity contribution is 0.141. The summed E-state index contributed by atoms with van der Waals surface area (Å²) in [5, 5.41) is 1.68. The molecule has 0 fully saturated rings. The Morgan fingerprint density at radius 3 is 2.33 bits per heavy atom. The van der Waals surface area contributed by atoms with E-state index in [0.29, 0.717) is 11.5 Å². The van der Waals surface area contributed by atoms with Gasteiger partial charge in [-0.2, -0.15) is 0 Å². The van der Waals surface area contributed by atoms with Gasteiger partial charge in [-0.15, -0.1) is 0 Å². The second-order valence-corrected chi connectivity index (χ2v) is 7.50. The first kappa shape index (κ1) is 15.9. The molecule has 4 nitrogen and oxygen atoms in total. The molecule has 0 atom stereocenters. The molecule has 114 valence electrons. The molecule has 2 aromatic carbocycles. The normalized spacial score (nSPS) is 12.8. The highest BCUT2D eigenvalue weighted by Gasteiger charge is 2.27. The summed E-state index contributed by atoms with van der Waals surface area (Å²) < 4.78 is 33.1. The number of benzene rings is 2. The van der Waals surface area contributed by atoms with Gasteiger partial charge in [-0.05, 0) is 37.8 Å². The number of ether oxygens (including phenoxy) is 1. The number of hydrogen-bond donors (Lipinski definition) is 1. The Morgan fingerprint density at radius 2 is 1.71 bits per heavy atom. The van der Waals surface area contributed by atoms with Crippen molar-refractivity contribution in [1.82, 2.24) is 4.72 Å². The predicted octanol–water partition coefficient (Wildman–Crippen LogP) is 2.85. The van der Waals surface area contributed by atoms with Crippen molar-refractivity contribution >= 4 is 20.8 Å². The molecule has 0 aliphatic heterocycles. The molecule has 0 saturated heterocycles. The van der Waals surface area contributed by atoms with Crippen LogP contribution in [0.25, 0.3) is 10.8 Å². The van der Waals surface area contributed by atoms with Crippen LogP contribution in [0.2, 0.25) is 0 Å². The number of hydrogen-bond acceptors (Lipinski definition) is 3. The van der Waals surface area contributed by atoms with Gasteiger partial charge in [0.1, 0.15) is 0 Å². The number of fused-ring (bicyclic) bond motifs is 1. The van der Waals surface area contributed by atoms with Gasteiger partial charge in [-0.1, -0.05) is 30.3 Å². The van der Waals surface area contributed by atoms with Gasteiger partial charge in [0.15, 0.2) is 0 Å². The van der Waals surface area contributed by atoms with Crippen molar-refractivity contribution in [3.05, 3.63) is 42.0 Å². The smallest absolute Gasteiger partial charge is 0.241 e. The number of methoxy groups -OCH3 is 1. The molecule has 0 aromatic heterocycles. The van der Waals surface area contributed by atoms with E-state index in [1.807, 2.05) is 37.3 Å². The summed E-state index contributed by atoms with van der Waals surface area (Å²) in [4.78, 5) is 0.299. The van der Waals surface area contributed by atoms with E-state index < -0.39 is 15.6 Å². The molecular weight excluding hydrogens is 286 g/mol. The quantitative estimate of drug-likeness (QED) is 0.924. The summed E-state index contributed by atoms with van der Waals surface area (Å²) in [6.07, 6.45) is 0. The van der Waals surface area contributed by atoms with Crippen molar-refractivity contribution in [2.24, 2.45) is 0 Å². The number of rotatable bonds is 5. The van der Waals surface area contributed by atoms with Crippen molar-refractivity contribution in [2.75, 3.05) is 13.7 Å². The van der Waals surface area contributed by atoms with Crippen molar-refractivity contribution in [3.8, 4) is 0 Å². The fraction of sp³-hybridized carbons (Fsp3) is 0.375. The lowest BCUT2D eigenvalue weighted by atomic mass is 10.1. The Labute approximate surface area is 126 Å². The van der Waals surface area contributed by atoms with E-state index in [9.17, 15) is 8.42 Å². The van der Waals surface area contributed by atoms with Crippen LogP contribution in [0.5, 0.6) is 0 Å². The molecular formula is C16H21NO3S. The number of nitrogens with one attached hydrogen (secondary N) is 1. The Balaban J connectivity index is 2.54. The molecule has 0 aliphatic rings. The second-order valence-electron chi connectivity index (χ2n) is 5.85. The molecule has 2 aromatic rings. The average Bonchev–Trinajstić information content (AvgIpc) is 2.37. The predicted molar refractivity (Wildman–Crippen MR) is 85.0 cm³/mol. The fourth-order valence-electron chi connectivity index (χ4n) is 2.47. The van der Waals surface area contributed by atoms with E-state index in [0.717, 1.165) is 16.3 Å². The largest absolute Gasteiger partial charge is 0.383 e. The van der Waals surface area contributed by atoms with Crippen LogP contribution in [0.15, 0.2) is 41.3 Å². The van der Waals surface area contributed by atoms with Crippen molar-refractivity contribution in [1.29, 1.82) is 0 Å². The summed E-state index contributed by atoms with van der Waals surface area (Å²) in [6, 6.07) is 11.0. The van der Waals surface area contributed by atoms with Gasteiger partial charge in [-0.3, -0.25) is 0 Å². The lowest BCUT2D eigenvalue weighted by Crippen LogP contribution is -2.46. The zero-order valence-electron chi connectivity index (χ0n) is 12.8. The highest BCUT2D eigenvalue weighted by Crippen LogP contribution is 2.26. The highest BCUT2D eigenvalue weighted by atomic mass is 32.2. The third-order valence-electron chi connectivity index (χ3n) is 3.31. The molecule has 21 heavy (non-hydrogen) atoms. The monoisotopic (exact) mass is 307 g/mol. The van der Waals surface area contributed by atoms with Gasteiger partial charge in [0.2, 0.25) is 10.0 Å². The summed E-state index contributed by atoms with van der Waals surface area (Å²) in [5.74, 6) is 0. The van der Waals surface area contributed by atoms with E-state index >= 15 is 0 Å². The minimum Gasteiger partial charge on any atom is -0.383 e. The first-order chi connectivity index (χ1) is 9.77. The van der Waals surface area contributed by atoms with Gasteiger partial charge >= 0.3 is 0 Å². The molecule has 0 aliphatic carbocycles. The van der Waals surface area contributed by atoms with Crippen molar-refractivity contribution < 1.29 is 13.2 Å². The third-order valence-corrected chi connectivity index (χ3v) is 5.06. The van der Waals surface area contributed by atoms with Gasteiger partial charge in [0.25, 0.3) is 0 Å². The number of aryl methyl sites for hydroxylation is 1. The fourth-order valence-corrected chi connectivity index (χ4v) is 4.08. The van der Waals surface area contributed by atoms with E-state index in [4.69, 9.17) is 4.74 Å². The van der Waals surface area contributed by atoms with E-state index in [-0.39, 0.29) is 0 Å². The Hall–Kier alpha value is -1.43. The Morgan fingerprint density at radius 1 is 1.10 bits per heavy atom. The topological polar surface area (TPSA) is 55.4 Å². The minimum absolute atomic E-state index is 0.299. The highest BCUT2D eigenvalue weighted by molar-refractivity contribution is 7.89. The molecule has 0 radical (unpaired) electrons. The summed E-state index contributed by atoms with van der Waals surface area (Å²) in [5.41, 5.74) is 0.389. The third kappa shape index (κ3) is 3.43. The van der Waals surface area contributed by atoms with Crippen LogP contribution in [0, 0.1) is 6.92 Å². The zero-order valence-corrected chi connectivity index (χ0v) is 13.6. The summed E-state index contributed by atoms with van der Waals surface area (Å²) in [6.45, 7) is 5.87. The van der Waals surface area contributed by atoms with Gasteiger partial charge in [0, 0.05) is 12.5 Å². The maximum atomic E-state index is 12.7. The molecule has 0 unspecified atom stereocenters. The lowest BCUT2D eigenvalue weighted by Gasteiger charge is -2.25. The number of sulfonamides is 1. The standard InChI is InChI=1S/C16H21NO3S/c1-12-9-10-15(14-8-6-5-7-13(12)14)21(18,19)17-16(2,3)11-20-4/h5-10,17H,11H2,1-4H3. The first-order valence-corrected chi connectivity index (χ1v) is 8.26. The van der Waals surface area contributed by atoms with E-state index in [1.54, 1.807) is 27.0 Å². The summed E-state index contributed by atoms with van der Waals surface area (Å²) in [7, 11) is -2.06. The zero-order chi connectivity index (χ0) is 15.7. The molecule has 0 heterocycles. The maximum Gasteiger partial charge on any atom is 0.241 e. The van der Waals surface area contributed by atoms with Gasteiger partial charge in [-0.25, -0.2) is 13.1 Å². The van der Waals surface area contributed by atoms with E-state index in [1.165, 1.54) is 0 Å². The average molecular weight is 307 g/mol. The van der Waals surface area contributed by atoms with Crippen LogP contribution in [0.3, 0.4) is 0 Å². The SMILES string of the molecule is COCC(C)(C)NS(=O)(=O)c1ccc(C)c2ccccc12. The maximum absolute atomic E-state index is 12.7. The van der Waals surface area contributed by atoms with Crippen LogP contribution < -0.4 is 4.72 Å². The van der Waals surface area contributed by atoms with Crippen LogP contribution in [0.4, 0.5) is 0 Å². The van der Waals surface area contributed by atoms with Crippen LogP contribution in [0.1, 0.15) is 19.4 Å². The minimum atomic E-state index is -3.61. The Bertz CT molecular complexity index is 751. The van der Waals surface area contributed by atoms with Crippen molar-refractivity contribution in [3.63, 3.8) is 0 Å². The van der Waals surface area contributed by atoms with Gasteiger partial charge < -0.3 is 4.74 Å². The van der Waals surface area contributed by atoms with Crippen LogP contribution in [-0.4, -0.2) is 27.7 Å². The summed E-state index contributed by atoms with van der Waals surface area (Å²) >= 11 is 0. The van der Waals surface area contributed by atoms with Crippen LogP contribution >= 0.6 is 0 Å². The molecule has 1 N–H and O–H groups in total. The van der Waals surface area contributed by atoms with Gasteiger partial charge in [0.05, 0.1) is 17.0 Å². The van der Waals surface area contributed by atoms with Crippen LogP contribution in [-0.2, 0) is 14.8 Å². The molecule has 5 heteroatoms. The molecule has 0 spiro atoms. The Kier molecular flexibility index (Phi) is 4.37. The van der Waals surface area contributed by atoms with Crippen molar-refractivity contribution in [2.45, 2.75) is 31.2 Å². The molecule has 0 bridgehead atoms.